The molecule has 0 aliphatic heterocycles. The third-order valence-corrected chi connectivity index (χ3v) is 7.24. The van der Waals surface area contributed by atoms with E-state index in [1.165, 1.54) is 55.7 Å². The second kappa shape index (κ2) is 11.2. The van der Waals surface area contributed by atoms with E-state index in [1.54, 1.807) is 0 Å². The van der Waals surface area contributed by atoms with E-state index >= 15 is 0 Å². The Morgan fingerprint density at radius 1 is 0.342 bits per heavy atom. The van der Waals surface area contributed by atoms with E-state index in [4.69, 9.17) is 0 Å². The van der Waals surface area contributed by atoms with Gasteiger partial charge in [0.1, 0.15) is 0 Å². The molecular weight excluding hydrogens is 456 g/mol. The molecule has 0 radical (unpaired) electrons. The van der Waals surface area contributed by atoms with Crippen LogP contribution in [0.4, 0.5) is 0 Å². The lowest BCUT2D eigenvalue weighted by Crippen LogP contribution is -2.00. The monoisotopic (exact) mass is 486 g/mol. The first-order chi connectivity index (χ1) is 18.9. The molecule has 0 N–H and O–H groups in total. The summed E-state index contributed by atoms with van der Waals surface area (Å²) in [5, 5.41) is 0. The number of allylic oxidation sites excluding steroid dienone is 10. The molecule has 0 unspecified atom stereocenters. The molecule has 0 saturated heterocycles. The molecule has 0 heterocycles. The zero-order valence-corrected chi connectivity index (χ0v) is 21.4. The molecule has 2 aliphatic rings. The predicted molar refractivity (Wildman–Crippen MR) is 161 cm³/mol. The Morgan fingerprint density at radius 3 is 0.868 bits per heavy atom. The molecule has 0 amide bonds. The Bertz CT molecular complexity index is 1380. The van der Waals surface area contributed by atoms with Crippen molar-refractivity contribution in [1.29, 1.82) is 0 Å². The lowest BCUT2D eigenvalue weighted by atomic mass is 9.85. The van der Waals surface area contributed by atoms with Crippen LogP contribution in [0.25, 0.3) is 11.1 Å². The maximum absolute atomic E-state index is 2.38. The van der Waals surface area contributed by atoms with Gasteiger partial charge in [0.2, 0.25) is 0 Å². The number of hydrogen-bond acceptors (Lipinski definition) is 0. The van der Waals surface area contributed by atoms with Crippen molar-refractivity contribution in [3.63, 3.8) is 0 Å². The van der Waals surface area contributed by atoms with Gasteiger partial charge in [-0.1, -0.05) is 158 Å². The average molecular weight is 487 g/mol. The third kappa shape index (κ3) is 5.08. The van der Waals surface area contributed by atoms with Gasteiger partial charge in [0, 0.05) is 0 Å². The summed E-state index contributed by atoms with van der Waals surface area (Å²) in [7, 11) is 0. The summed E-state index contributed by atoms with van der Waals surface area (Å²) in [6, 6.07) is 42.9. The molecular formula is C38H30. The van der Waals surface area contributed by atoms with Crippen LogP contribution in [-0.4, -0.2) is 0 Å². The van der Waals surface area contributed by atoms with E-state index in [1.807, 2.05) is 0 Å². The molecule has 4 aromatic carbocycles. The average Bonchev–Trinajstić information content (AvgIpc) is 3.00. The SMILES string of the molecule is C1=CC(=C(c2ccccc2)c2ccccc2)CC=C1C1=CCC(=C(c2ccccc2)c2ccccc2)C=C1. The van der Waals surface area contributed by atoms with Crippen molar-refractivity contribution in [2.75, 3.05) is 0 Å². The summed E-state index contributed by atoms with van der Waals surface area (Å²) in [4.78, 5) is 0. The Labute approximate surface area is 226 Å². The molecule has 0 aromatic heterocycles. The second-order valence-corrected chi connectivity index (χ2v) is 9.66. The van der Waals surface area contributed by atoms with Gasteiger partial charge in [-0.2, -0.15) is 0 Å². The normalized spacial score (nSPS) is 14.6. The van der Waals surface area contributed by atoms with Crippen molar-refractivity contribution in [3.05, 3.63) is 202 Å². The highest BCUT2D eigenvalue weighted by Gasteiger charge is 2.16. The summed E-state index contributed by atoms with van der Waals surface area (Å²) in [6.07, 6.45) is 15.8. The van der Waals surface area contributed by atoms with Crippen molar-refractivity contribution in [1.82, 2.24) is 0 Å². The predicted octanol–water partition coefficient (Wildman–Crippen LogP) is 9.76. The maximum atomic E-state index is 2.38. The van der Waals surface area contributed by atoms with Crippen LogP contribution in [0.5, 0.6) is 0 Å². The molecule has 0 bridgehead atoms. The van der Waals surface area contributed by atoms with Crippen molar-refractivity contribution < 1.29 is 0 Å². The first kappa shape index (κ1) is 23.7. The van der Waals surface area contributed by atoms with Crippen LogP contribution in [-0.2, 0) is 0 Å². The Morgan fingerprint density at radius 2 is 0.632 bits per heavy atom. The van der Waals surface area contributed by atoms with Crippen LogP contribution in [0.3, 0.4) is 0 Å². The van der Waals surface area contributed by atoms with Crippen LogP contribution >= 0.6 is 0 Å². The van der Waals surface area contributed by atoms with E-state index in [-0.39, 0.29) is 0 Å². The fraction of sp³-hybridized carbons (Fsp3) is 0.0526. The highest BCUT2D eigenvalue weighted by Crippen LogP contribution is 2.36. The van der Waals surface area contributed by atoms with Gasteiger partial charge in [-0.15, -0.1) is 0 Å². The number of benzene rings is 4. The van der Waals surface area contributed by atoms with Crippen LogP contribution in [0, 0.1) is 0 Å². The van der Waals surface area contributed by atoms with Gasteiger partial charge in [0.05, 0.1) is 0 Å². The lowest BCUT2D eigenvalue weighted by Gasteiger charge is -2.19. The van der Waals surface area contributed by atoms with Crippen molar-refractivity contribution in [2.45, 2.75) is 12.8 Å². The van der Waals surface area contributed by atoms with Gasteiger partial charge in [0.15, 0.2) is 0 Å². The summed E-state index contributed by atoms with van der Waals surface area (Å²) < 4.78 is 0. The second-order valence-electron chi connectivity index (χ2n) is 9.66. The Hall–Kier alpha value is -4.68. The van der Waals surface area contributed by atoms with Crippen molar-refractivity contribution >= 4 is 11.1 Å². The van der Waals surface area contributed by atoms with Crippen LogP contribution in [0.15, 0.2) is 180 Å². The van der Waals surface area contributed by atoms with Crippen LogP contribution < -0.4 is 0 Å². The molecule has 38 heavy (non-hydrogen) atoms. The van der Waals surface area contributed by atoms with Gasteiger partial charge in [-0.3, -0.25) is 0 Å². The first-order valence-corrected chi connectivity index (χ1v) is 13.3. The summed E-state index contributed by atoms with van der Waals surface area (Å²) >= 11 is 0. The highest BCUT2D eigenvalue weighted by atomic mass is 14.2. The number of hydrogen-bond donors (Lipinski definition) is 0. The van der Waals surface area contributed by atoms with E-state index in [0.29, 0.717) is 0 Å². The van der Waals surface area contributed by atoms with E-state index in [9.17, 15) is 0 Å². The van der Waals surface area contributed by atoms with Gasteiger partial charge in [-0.05, 0) is 68.5 Å². The van der Waals surface area contributed by atoms with Crippen LogP contribution in [0.1, 0.15) is 35.1 Å². The fourth-order valence-corrected chi connectivity index (χ4v) is 5.39. The van der Waals surface area contributed by atoms with Crippen molar-refractivity contribution in [2.24, 2.45) is 0 Å². The largest absolute Gasteiger partial charge is 0.0722 e. The Kier molecular flexibility index (Phi) is 6.96. The molecule has 182 valence electrons. The lowest BCUT2D eigenvalue weighted by molar-refractivity contribution is 1.19. The first-order valence-electron chi connectivity index (χ1n) is 13.3. The van der Waals surface area contributed by atoms with Gasteiger partial charge >= 0.3 is 0 Å². The molecule has 0 heteroatoms. The number of rotatable bonds is 5. The standard InChI is InChI=1S/C38H30/c1-5-13-31(14-6-1)37(32-15-7-2-8-16-32)35-25-21-29(22-26-35)30-23-27-36(28-24-30)38(33-17-9-3-10-18-33)34-19-11-4-12-20-34/h1-25,27H,26,28H2. The topological polar surface area (TPSA) is 0 Å². The van der Waals surface area contributed by atoms with E-state index < -0.39 is 0 Å². The molecule has 0 spiro atoms. The van der Waals surface area contributed by atoms with Crippen LogP contribution in [0.2, 0.25) is 0 Å². The summed E-state index contributed by atoms with van der Waals surface area (Å²) in [5.41, 5.74) is 13.0. The van der Waals surface area contributed by atoms with Gasteiger partial charge < -0.3 is 0 Å². The quantitative estimate of drug-likeness (QED) is 0.263. The van der Waals surface area contributed by atoms with E-state index in [2.05, 4.69) is 158 Å². The smallest absolute Gasteiger partial charge is 0.00762 e. The molecule has 4 aromatic rings. The third-order valence-electron chi connectivity index (χ3n) is 7.24. The minimum absolute atomic E-state index is 0.915. The van der Waals surface area contributed by atoms with Crippen molar-refractivity contribution in [3.8, 4) is 0 Å². The Balaban J connectivity index is 1.30. The molecule has 2 aliphatic carbocycles. The van der Waals surface area contributed by atoms with Gasteiger partial charge in [0.25, 0.3) is 0 Å². The fourth-order valence-electron chi connectivity index (χ4n) is 5.39. The maximum Gasteiger partial charge on any atom is -0.00762 e. The zero-order valence-electron chi connectivity index (χ0n) is 21.4. The highest BCUT2D eigenvalue weighted by molar-refractivity contribution is 5.85. The minimum atomic E-state index is 0.915. The minimum Gasteiger partial charge on any atom is -0.0722 e. The zero-order chi connectivity index (χ0) is 25.6. The van der Waals surface area contributed by atoms with Gasteiger partial charge in [-0.25, -0.2) is 0 Å². The molecule has 6 rings (SSSR count). The summed E-state index contributed by atoms with van der Waals surface area (Å²) in [5.74, 6) is 0. The molecule has 0 nitrogen and oxygen atoms in total. The summed E-state index contributed by atoms with van der Waals surface area (Å²) in [6.45, 7) is 0. The molecule has 0 fully saturated rings. The molecule has 0 atom stereocenters. The van der Waals surface area contributed by atoms with E-state index in [0.717, 1.165) is 12.8 Å². The molecule has 0 saturated carbocycles.